The fourth-order valence-electron chi connectivity index (χ4n) is 1.49. The van der Waals surface area contributed by atoms with Crippen LogP contribution in [0, 0.1) is 0 Å². The molecule has 0 spiro atoms. The van der Waals surface area contributed by atoms with Gasteiger partial charge >= 0.3 is 0 Å². The van der Waals surface area contributed by atoms with Gasteiger partial charge < -0.3 is 4.57 Å². The van der Waals surface area contributed by atoms with Gasteiger partial charge in [0.15, 0.2) is 0 Å². The van der Waals surface area contributed by atoms with Gasteiger partial charge in [-0.3, -0.25) is 0 Å². The lowest BCUT2D eigenvalue weighted by atomic mass is 10.1. The van der Waals surface area contributed by atoms with Crippen molar-refractivity contribution in [3.8, 4) is 0 Å². The van der Waals surface area contributed by atoms with Crippen LogP contribution in [0.15, 0.2) is 18.7 Å². The highest BCUT2D eigenvalue weighted by atomic mass is 35.5. The van der Waals surface area contributed by atoms with Crippen LogP contribution in [0.25, 0.3) is 0 Å². The molecule has 1 rings (SSSR count). The van der Waals surface area contributed by atoms with E-state index in [-0.39, 0.29) is 12.4 Å². The predicted molar refractivity (Wildman–Crippen MR) is 58.3 cm³/mol. The second kappa shape index (κ2) is 6.96. The molecule has 0 fully saturated rings. The Balaban J connectivity index is 0.00000144. The largest absolute Gasteiger partial charge is 0.334 e. The third kappa shape index (κ3) is 3.81. The first-order chi connectivity index (χ1) is 5.88. The highest BCUT2D eigenvalue weighted by molar-refractivity contribution is 5.85. The average Bonchev–Trinajstić information content (AvgIpc) is 2.59. The number of hydrogen-bond donors (Lipinski definition) is 0. The molecule has 76 valence electrons. The van der Waals surface area contributed by atoms with Crippen molar-refractivity contribution < 1.29 is 0 Å². The van der Waals surface area contributed by atoms with Crippen molar-refractivity contribution in [3.05, 3.63) is 18.7 Å². The van der Waals surface area contributed by atoms with Crippen molar-refractivity contribution in [1.29, 1.82) is 0 Å². The van der Waals surface area contributed by atoms with Crippen molar-refractivity contribution in [2.75, 3.05) is 0 Å². The summed E-state index contributed by atoms with van der Waals surface area (Å²) in [5.41, 5.74) is 0. The zero-order chi connectivity index (χ0) is 8.81. The molecule has 1 aromatic heterocycles. The Labute approximate surface area is 86.8 Å². The minimum Gasteiger partial charge on any atom is -0.334 e. The van der Waals surface area contributed by atoms with E-state index >= 15 is 0 Å². The van der Waals surface area contributed by atoms with Gasteiger partial charge in [0.25, 0.3) is 0 Å². The zero-order valence-electron chi connectivity index (χ0n) is 8.44. The lowest BCUT2D eigenvalue weighted by Gasteiger charge is -2.15. The minimum absolute atomic E-state index is 0. The van der Waals surface area contributed by atoms with E-state index in [4.69, 9.17) is 0 Å². The van der Waals surface area contributed by atoms with Crippen molar-refractivity contribution in [1.82, 2.24) is 9.55 Å². The first kappa shape index (κ1) is 12.5. The van der Waals surface area contributed by atoms with Crippen molar-refractivity contribution in [3.63, 3.8) is 0 Å². The molecule has 0 bridgehead atoms. The minimum atomic E-state index is 0. The summed E-state index contributed by atoms with van der Waals surface area (Å²) < 4.78 is 2.22. The third-order valence-electron chi connectivity index (χ3n) is 2.31. The molecule has 0 N–H and O–H groups in total. The van der Waals surface area contributed by atoms with Gasteiger partial charge in [0.05, 0.1) is 6.33 Å². The van der Waals surface area contributed by atoms with E-state index in [1.807, 2.05) is 12.5 Å². The summed E-state index contributed by atoms with van der Waals surface area (Å²) in [6.45, 7) is 4.47. The molecule has 0 aliphatic carbocycles. The van der Waals surface area contributed by atoms with Crippen molar-refractivity contribution in [2.45, 2.75) is 45.6 Å². The molecule has 0 aliphatic heterocycles. The summed E-state index contributed by atoms with van der Waals surface area (Å²) in [5, 5.41) is 0. The van der Waals surface area contributed by atoms with Gasteiger partial charge in [-0.15, -0.1) is 12.4 Å². The molecule has 1 aromatic rings. The van der Waals surface area contributed by atoms with Crippen molar-refractivity contribution in [2.24, 2.45) is 0 Å². The summed E-state index contributed by atoms with van der Waals surface area (Å²) >= 11 is 0. The summed E-state index contributed by atoms with van der Waals surface area (Å²) in [6.07, 6.45) is 10.9. The maximum atomic E-state index is 4.06. The summed E-state index contributed by atoms with van der Waals surface area (Å²) in [6, 6.07) is 0.660. The summed E-state index contributed by atoms with van der Waals surface area (Å²) in [4.78, 5) is 4.06. The average molecular weight is 203 g/mol. The molecule has 2 nitrogen and oxygen atoms in total. The normalized spacial score (nSPS) is 12.2. The third-order valence-corrected chi connectivity index (χ3v) is 2.31. The summed E-state index contributed by atoms with van der Waals surface area (Å²) in [5.74, 6) is 0. The van der Waals surface area contributed by atoms with Crippen LogP contribution in [0.1, 0.15) is 45.6 Å². The Hall–Kier alpha value is -0.500. The fraction of sp³-hybridized carbons (Fsp3) is 0.700. The van der Waals surface area contributed by atoms with Crippen molar-refractivity contribution >= 4 is 12.4 Å². The Bertz CT molecular complexity index is 197. The molecule has 0 saturated carbocycles. The Morgan fingerprint density at radius 1 is 1.38 bits per heavy atom. The SMILES string of the molecule is CCCCC(CC)n1ccnc1.Cl. The molecule has 1 unspecified atom stereocenters. The monoisotopic (exact) mass is 202 g/mol. The predicted octanol–water partition coefficient (Wildman–Crippen LogP) is 3.45. The van der Waals surface area contributed by atoms with Gasteiger partial charge in [-0.05, 0) is 12.8 Å². The molecule has 1 heterocycles. The number of hydrogen-bond acceptors (Lipinski definition) is 1. The van der Waals surface area contributed by atoms with Crippen LogP contribution in [0.2, 0.25) is 0 Å². The smallest absolute Gasteiger partial charge is 0.0948 e. The maximum absolute atomic E-state index is 4.06. The number of aromatic nitrogens is 2. The second-order valence-electron chi connectivity index (χ2n) is 3.21. The number of nitrogens with zero attached hydrogens (tertiary/aromatic N) is 2. The standard InChI is InChI=1S/C10H18N2.ClH/c1-3-5-6-10(4-2)12-8-7-11-9-12;/h7-10H,3-6H2,1-2H3;1H. The Morgan fingerprint density at radius 2 is 2.15 bits per heavy atom. The number of unbranched alkanes of at least 4 members (excludes halogenated alkanes) is 1. The first-order valence-electron chi connectivity index (χ1n) is 4.86. The maximum Gasteiger partial charge on any atom is 0.0948 e. The van der Waals surface area contributed by atoms with E-state index in [9.17, 15) is 0 Å². The fourth-order valence-corrected chi connectivity index (χ4v) is 1.49. The highest BCUT2D eigenvalue weighted by Crippen LogP contribution is 2.17. The van der Waals surface area contributed by atoms with Crippen LogP contribution >= 0.6 is 12.4 Å². The topological polar surface area (TPSA) is 17.8 Å². The van der Waals surface area contributed by atoms with E-state index in [0.717, 1.165) is 0 Å². The molecular weight excluding hydrogens is 184 g/mol. The van der Waals surface area contributed by atoms with Crippen LogP contribution in [0.3, 0.4) is 0 Å². The lowest BCUT2D eigenvalue weighted by Crippen LogP contribution is -2.05. The highest BCUT2D eigenvalue weighted by Gasteiger charge is 2.05. The molecule has 13 heavy (non-hydrogen) atoms. The van der Waals surface area contributed by atoms with E-state index in [1.165, 1.54) is 25.7 Å². The van der Waals surface area contributed by atoms with E-state index < -0.39 is 0 Å². The van der Waals surface area contributed by atoms with Gasteiger partial charge in [0.1, 0.15) is 0 Å². The Morgan fingerprint density at radius 3 is 2.62 bits per heavy atom. The van der Waals surface area contributed by atoms with Gasteiger partial charge in [0.2, 0.25) is 0 Å². The molecule has 0 radical (unpaired) electrons. The van der Waals surface area contributed by atoms with Gasteiger partial charge in [-0.2, -0.15) is 0 Å². The zero-order valence-corrected chi connectivity index (χ0v) is 9.26. The molecule has 0 amide bonds. The molecule has 0 aliphatic rings. The van der Waals surface area contributed by atoms with Crippen LogP contribution in [0.5, 0.6) is 0 Å². The Kier molecular flexibility index (Phi) is 6.69. The molecule has 3 heteroatoms. The van der Waals surface area contributed by atoms with Gasteiger partial charge in [-0.25, -0.2) is 4.98 Å². The summed E-state index contributed by atoms with van der Waals surface area (Å²) in [7, 11) is 0. The molecule has 1 atom stereocenters. The number of rotatable bonds is 5. The molecule has 0 saturated heterocycles. The molecular formula is C10H19ClN2. The number of halogens is 1. The van der Waals surface area contributed by atoms with Crippen LogP contribution in [0.4, 0.5) is 0 Å². The van der Waals surface area contributed by atoms with Gasteiger partial charge in [0, 0.05) is 18.4 Å². The van der Waals surface area contributed by atoms with Crippen LogP contribution in [-0.2, 0) is 0 Å². The molecule has 0 aromatic carbocycles. The quantitative estimate of drug-likeness (QED) is 0.715. The lowest BCUT2D eigenvalue weighted by molar-refractivity contribution is 0.436. The van der Waals surface area contributed by atoms with E-state index in [2.05, 4.69) is 29.6 Å². The van der Waals surface area contributed by atoms with Crippen LogP contribution < -0.4 is 0 Å². The van der Waals surface area contributed by atoms with Gasteiger partial charge in [-0.1, -0.05) is 26.7 Å². The van der Waals surface area contributed by atoms with E-state index in [1.54, 1.807) is 0 Å². The first-order valence-corrected chi connectivity index (χ1v) is 4.86. The number of imidazole rings is 1. The van der Waals surface area contributed by atoms with Crippen LogP contribution in [-0.4, -0.2) is 9.55 Å². The van der Waals surface area contributed by atoms with E-state index in [0.29, 0.717) is 6.04 Å². The second-order valence-corrected chi connectivity index (χ2v) is 3.21.